The van der Waals surface area contributed by atoms with Crippen molar-refractivity contribution in [2.45, 2.75) is 13.0 Å². The third kappa shape index (κ3) is 3.76. The molecule has 2 aromatic carbocycles. The van der Waals surface area contributed by atoms with Crippen molar-refractivity contribution in [1.29, 1.82) is 0 Å². The van der Waals surface area contributed by atoms with Gasteiger partial charge < -0.3 is 14.6 Å². The van der Waals surface area contributed by atoms with E-state index in [1.165, 1.54) is 43.5 Å². The number of esters is 1. The first-order chi connectivity index (χ1) is 10.9. The van der Waals surface area contributed by atoms with E-state index in [1.807, 2.05) is 0 Å². The first kappa shape index (κ1) is 16.3. The Morgan fingerprint density at radius 2 is 2.00 bits per heavy atom. The normalized spacial score (nSPS) is 11.6. The van der Waals surface area contributed by atoms with Gasteiger partial charge in [0, 0.05) is 18.2 Å². The maximum absolute atomic E-state index is 12.1. The number of hydrogen-bond acceptors (Lipinski definition) is 6. The Bertz CT molecular complexity index is 743. The van der Waals surface area contributed by atoms with Crippen molar-refractivity contribution in [3.05, 3.63) is 63.7 Å². The lowest BCUT2D eigenvalue weighted by Gasteiger charge is -2.14. The van der Waals surface area contributed by atoms with Crippen molar-refractivity contribution >= 4 is 11.7 Å². The maximum Gasteiger partial charge on any atom is 0.342 e. The van der Waals surface area contributed by atoms with Gasteiger partial charge in [0.15, 0.2) is 0 Å². The van der Waals surface area contributed by atoms with Crippen LogP contribution in [-0.4, -0.2) is 23.1 Å². The molecule has 2 aromatic rings. The van der Waals surface area contributed by atoms with E-state index >= 15 is 0 Å². The van der Waals surface area contributed by atoms with Crippen LogP contribution in [0.15, 0.2) is 42.5 Å². The van der Waals surface area contributed by atoms with Crippen molar-refractivity contribution in [1.82, 2.24) is 0 Å². The number of rotatable bonds is 5. The molecule has 0 aliphatic heterocycles. The van der Waals surface area contributed by atoms with Gasteiger partial charge >= 0.3 is 5.97 Å². The number of ether oxygens (including phenoxy) is 2. The lowest BCUT2D eigenvalue weighted by atomic mass is 10.1. The second-order valence-electron chi connectivity index (χ2n) is 4.78. The molecule has 23 heavy (non-hydrogen) atoms. The number of aromatic hydroxyl groups is 1. The van der Waals surface area contributed by atoms with Crippen molar-refractivity contribution in [3.63, 3.8) is 0 Å². The molecule has 120 valence electrons. The van der Waals surface area contributed by atoms with Crippen LogP contribution in [0, 0.1) is 10.1 Å². The summed E-state index contributed by atoms with van der Waals surface area (Å²) in [6.07, 6.45) is -0.705. The summed E-state index contributed by atoms with van der Waals surface area (Å²) in [6.45, 7) is 1.59. The van der Waals surface area contributed by atoms with Crippen LogP contribution in [0.5, 0.6) is 11.5 Å². The van der Waals surface area contributed by atoms with E-state index < -0.39 is 17.0 Å². The molecule has 0 radical (unpaired) electrons. The Labute approximate surface area is 132 Å². The molecule has 0 bridgehead atoms. The number of carbonyl (C=O) groups is 1. The number of phenolic OH excluding ortho intramolecular Hbond substituents is 1. The number of hydrogen-bond donors (Lipinski definition) is 1. The smallest absolute Gasteiger partial charge is 0.342 e. The summed E-state index contributed by atoms with van der Waals surface area (Å²) in [5.41, 5.74) is 0.390. The van der Waals surface area contributed by atoms with Gasteiger partial charge in [-0.05, 0) is 24.6 Å². The van der Waals surface area contributed by atoms with Crippen LogP contribution in [0.25, 0.3) is 0 Å². The van der Waals surface area contributed by atoms with E-state index in [9.17, 15) is 20.0 Å². The molecule has 7 nitrogen and oxygen atoms in total. The Hall–Kier alpha value is -3.09. The molecule has 2 rings (SSSR count). The van der Waals surface area contributed by atoms with Crippen molar-refractivity contribution < 1.29 is 24.3 Å². The topological polar surface area (TPSA) is 98.9 Å². The third-order valence-corrected chi connectivity index (χ3v) is 3.26. The minimum absolute atomic E-state index is 0.0110. The van der Waals surface area contributed by atoms with Crippen LogP contribution in [0.1, 0.15) is 28.9 Å². The first-order valence-corrected chi connectivity index (χ1v) is 6.74. The van der Waals surface area contributed by atoms with Crippen LogP contribution >= 0.6 is 0 Å². The molecule has 0 fully saturated rings. The maximum atomic E-state index is 12.1. The molecular formula is C16H15NO6. The highest BCUT2D eigenvalue weighted by atomic mass is 16.6. The molecule has 1 N–H and O–H groups in total. The number of non-ortho nitro benzene ring substituents is 1. The Morgan fingerprint density at radius 3 is 2.61 bits per heavy atom. The fraction of sp³-hybridized carbons (Fsp3) is 0.188. The van der Waals surface area contributed by atoms with E-state index in [2.05, 4.69) is 0 Å². The average Bonchev–Trinajstić information content (AvgIpc) is 2.54. The van der Waals surface area contributed by atoms with Gasteiger partial charge in [-0.1, -0.05) is 12.1 Å². The Morgan fingerprint density at radius 1 is 1.26 bits per heavy atom. The van der Waals surface area contributed by atoms with Gasteiger partial charge in [-0.25, -0.2) is 4.79 Å². The second kappa shape index (κ2) is 6.78. The van der Waals surface area contributed by atoms with Crippen LogP contribution in [0.2, 0.25) is 0 Å². The standard InChI is InChI=1S/C16H15NO6/c1-10(11-4-3-5-12(8-11)17(20)21)23-16(19)14-7-6-13(22-2)9-15(14)18/h3-10,18H,1-2H3. The van der Waals surface area contributed by atoms with E-state index in [4.69, 9.17) is 9.47 Å². The molecule has 0 saturated heterocycles. The van der Waals surface area contributed by atoms with Crippen molar-refractivity contribution in [2.24, 2.45) is 0 Å². The average molecular weight is 317 g/mol. The van der Waals surface area contributed by atoms with E-state index in [1.54, 1.807) is 13.0 Å². The molecule has 0 heterocycles. The summed E-state index contributed by atoms with van der Waals surface area (Å²) in [7, 11) is 1.44. The molecule has 1 atom stereocenters. The lowest BCUT2D eigenvalue weighted by molar-refractivity contribution is -0.385. The second-order valence-corrected chi connectivity index (χ2v) is 4.78. The summed E-state index contributed by atoms with van der Waals surface area (Å²) < 4.78 is 10.2. The first-order valence-electron chi connectivity index (χ1n) is 6.74. The summed E-state index contributed by atoms with van der Waals surface area (Å²) in [5, 5.41) is 20.6. The molecule has 0 aliphatic carbocycles. The zero-order valence-corrected chi connectivity index (χ0v) is 12.6. The zero-order chi connectivity index (χ0) is 17.0. The monoisotopic (exact) mass is 317 g/mol. The number of nitrogens with zero attached hydrogens (tertiary/aromatic N) is 1. The highest BCUT2D eigenvalue weighted by Crippen LogP contribution is 2.27. The van der Waals surface area contributed by atoms with Gasteiger partial charge in [-0.15, -0.1) is 0 Å². The molecule has 0 saturated carbocycles. The molecular weight excluding hydrogens is 302 g/mol. The predicted molar refractivity (Wildman–Crippen MR) is 81.6 cm³/mol. The van der Waals surface area contributed by atoms with Crippen LogP contribution < -0.4 is 4.74 Å². The van der Waals surface area contributed by atoms with Gasteiger partial charge in [0.25, 0.3) is 5.69 Å². The number of carbonyl (C=O) groups excluding carboxylic acids is 1. The summed E-state index contributed by atoms with van der Waals surface area (Å²) >= 11 is 0. The van der Waals surface area contributed by atoms with Crippen LogP contribution in [0.4, 0.5) is 5.69 Å². The fourth-order valence-corrected chi connectivity index (χ4v) is 1.99. The molecule has 1 unspecified atom stereocenters. The molecule has 0 aromatic heterocycles. The SMILES string of the molecule is COc1ccc(C(=O)OC(C)c2cccc([N+](=O)[O-])c2)c(O)c1. The van der Waals surface area contributed by atoms with E-state index in [0.717, 1.165) is 0 Å². The molecule has 0 aliphatic rings. The van der Waals surface area contributed by atoms with Crippen molar-refractivity contribution in [3.8, 4) is 11.5 Å². The van der Waals surface area contributed by atoms with Crippen LogP contribution in [-0.2, 0) is 4.74 Å². The highest BCUT2D eigenvalue weighted by Gasteiger charge is 2.19. The van der Waals surface area contributed by atoms with Gasteiger partial charge in [0.05, 0.1) is 12.0 Å². The molecule has 7 heteroatoms. The molecule has 0 spiro atoms. The Balaban J connectivity index is 2.16. The third-order valence-electron chi connectivity index (χ3n) is 3.26. The minimum atomic E-state index is -0.732. The fourth-order valence-electron chi connectivity index (χ4n) is 1.99. The lowest BCUT2D eigenvalue weighted by Crippen LogP contribution is -2.09. The number of methoxy groups -OCH3 is 1. The summed E-state index contributed by atoms with van der Waals surface area (Å²) in [5.74, 6) is -0.587. The largest absolute Gasteiger partial charge is 0.507 e. The van der Waals surface area contributed by atoms with Crippen molar-refractivity contribution in [2.75, 3.05) is 7.11 Å². The van der Waals surface area contributed by atoms with Crippen LogP contribution in [0.3, 0.4) is 0 Å². The van der Waals surface area contributed by atoms with Gasteiger partial charge in [-0.2, -0.15) is 0 Å². The minimum Gasteiger partial charge on any atom is -0.507 e. The number of phenols is 1. The highest BCUT2D eigenvalue weighted by molar-refractivity contribution is 5.92. The van der Waals surface area contributed by atoms with E-state index in [-0.39, 0.29) is 17.0 Å². The van der Waals surface area contributed by atoms with E-state index in [0.29, 0.717) is 11.3 Å². The number of benzene rings is 2. The van der Waals surface area contributed by atoms with Gasteiger partial charge in [0.1, 0.15) is 23.2 Å². The Kier molecular flexibility index (Phi) is 4.80. The number of nitro benzene ring substituents is 1. The quantitative estimate of drug-likeness (QED) is 0.516. The zero-order valence-electron chi connectivity index (χ0n) is 12.6. The number of nitro groups is 1. The summed E-state index contributed by atoms with van der Waals surface area (Å²) in [6, 6.07) is 10.0. The summed E-state index contributed by atoms with van der Waals surface area (Å²) in [4.78, 5) is 22.4. The predicted octanol–water partition coefficient (Wildman–Crippen LogP) is 3.23. The van der Waals surface area contributed by atoms with Gasteiger partial charge in [-0.3, -0.25) is 10.1 Å². The molecule has 0 amide bonds. The van der Waals surface area contributed by atoms with Gasteiger partial charge in [0.2, 0.25) is 0 Å².